The van der Waals surface area contributed by atoms with Gasteiger partial charge in [0.25, 0.3) is 0 Å². The predicted molar refractivity (Wildman–Crippen MR) is 62.6 cm³/mol. The molecule has 0 aliphatic heterocycles. The van der Waals surface area contributed by atoms with Crippen molar-refractivity contribution in [2.45, 2.75) is 39.0 Å². The van der Waals surface area contributed by atoms with Gasteiger partial charge in [-0.2, -0.15) is 0 Å². The van der Waals surface area contributed by atoms with Crippen molar-refractivity contribution in [2.75, 3.05) is 33.2 Å². The smallest absolute Gasteiger partial charge is 0.000661 e. The van der Waals surface area contributed by atoms with Crippen molar-refractivity contribution < 1.29 is 0 Å². The highest BCUT2D eigenvalue weighted by atomic mass is 15.1. The van der Waals surface area contributed by atoms with E-state index in [4.69, 9.17) is 0 Å². The SMILES string of the molecule is CCNCCCCN(C)CC1CCC1. The van der Waals surface area contributed by atoms with E-state index in [0.29, 0.717) is 0 Å². The molecule has 0 aromatic heterocycles. The summed E-state index contributed by atoms with van der Waals surface area (Å²) >= 11 is 0. The molecule has 1 aliphatic carbocycles. The second-order valence-electron chi connectivity index (χ2n) is 4.62. The molecule has 0 spiro atoms. The first kappa shape index (κ1) is 12.0. The van der Waals surface area contributed by atoms with Crippen molar-refractivity contribution in [1.82, 2.24) is 10.2 Å². The van der Waals surface area contributed by atoms with Gasteiger partial charge >= 0.3 is 0 Å². The molecule has 0 heterocycles. The maximum atomic E-state index is 3.37. The van der Waals surface area contributed by atoms with E-state index in [1.165, 1.54) is 51.7 Å². The maximum Gasteiger partial charge on any atom is 0.000661 e. The first-order valence-electron chi connectivity index (χ1n) is 6.22. The number of hydrogen-bond acceptors (Lipinski definition) is 2. The van der Waals surface area contributed by atoms with Crippen LogP contribution in [0.2, 0.25) is 0 Å². The molecule has 0 aromatic rings. The Balaban J connectivity index is 1.84. The molecule has 2 heteroatoms. The molecule has 14 heavy (non-hydrogen) atoms. The van der Waals surface area contributed by atoms with Gasteiger partial charge in [0, 0.05) is 6.54 Å². The summed E-state index contributed by atoms with van der Waals surface area (Å²) in [6.07, 6.45) is 7.08. The highest BCUT2D eigenvalue weighted by molar-refractivity contribution is 4.72. The Morgan fingerprint density at radius 3 is 2.64 bits per heavy atom. The number of nitrogens with one attached hydrogen (secondary N) is 1. The van der Waals surface area contributed by atoms with Crippen LogP contribution < -0.4 is 5.32 Å². The monoisotopic (exact) mass is 198 g/mol. The van der Waals surface area contributed by atoms with Gasteiger partial charge < -0.3 is 10.2 Å². The fourth-order valence-electron chi connectivity index (χ4n) is 2.02. The van der Waals surface area contributed by atoms with Crippen LogP contribution in [0.1, 0.15) is 39.0 Å². The van der Waals surface area contributed by atoms with E-state index in [0.717, 1.165) is 12.5 Å². The van der Waals surface area contributed by atoms with Gasteiger partial charge in [-0.15, -0.1) is 0 Å². The van der Waals surface area contributed by atoms with E-state index in [1.54, 1.807) is 0 Å². The molecule has 1 saturated carbocycles. The maximum absolute atomic E-state index is 3.37. The summed E-state index contributed by atoms with van der Waals surface area (Å²) in [5.74, 6) is 1.02. The van der Waals surface area contributed by atoms with E-state index >= 15 is 0 Å². The summed E-state index contributed by atoms with van der Waals surface area (Å²) in [6.45, 7) is 7.08. The second-order valence-corrected chi connectivity index (χ2v) is 4.62. The van der Waals surface area contributed by atoms with Crippen LogP contribution in [0.4, 0.5) is 0 Å². The van der Waals surface area contributed by atoms with E-state index in [2.05, 4.69) is 24.2 Å². The summed E-state index contributed by atoms with van der Waals surface area (Å²) < 4.78 is 0. The molecule has 0 aromatic carbocycles. The topological polar surface area (TPSA) is 15.3 Å². The van der Waals surface area contributed by atoms with E-state index < -0.39 is 0 Å². The second kappa shape index (κ2) is 7.24. The lowest BCUT2D eigenvalue weighted by Gasteiger charge is -2.30. The van der Waals surface area contributed by atoms with Crippen molar-refractivity contribution >= 4 is 0 Å². The van der Waals surface area contributed by atoms with Crippen LogP contribution in [0.5, 0.6) is 0 Å². The van der Waals surface area contributed by atoms with E-state index in [-0.39, 0.29) is 0 Å². The molecular weight excluding hydrogens is 172 g/mol. The molecule has 0 radical (unpaired) electrons. The van der Waals surface area contributed by atoms with Gasteiger partial charge in [-0.25, -0.2) is 0 Å². The zero-order valence-corrected chi connectivity index (χ0v) is 9.89. The Bertz CT molecular complexity index is 132. The standard InChI is InChI=1S/C12H26N2/c1-3-13-9-4-5-10-14(2)11-12-7-6-8-12/h12-13H,3-11H2,1-2H3. The minimum atomic E-state index is 1.02. The fourth-order valence-corrected chi connectivity index (χ4v) is 2.02. The molecule has 1 aliphatic rings. The first-order valence-corrected chi connectivity index (χ1v) is 6.22. The Morgan fingerprint density at radius 2 is 2.07 bits per heavy atom. The molecule has 2 nitrogen and oxygen atoms in total. The lowest BCUT2D eigenvalue weighted by molar-refractivity contribution is 0.203. The van der Waals surface area contributed by atoms with Crippen LogP contribution in [-0.2, 0) is 0 Å². The third-order valence-corrected chi connectivity index (χ3v) is 3.19. The number of rotatable bonds is 8. The molecule has 0 amide bonds. The Labute approximate surface area is 89.1 Å². The van der Waals surface area contributed by atoms with E-state index in [9.17, 15) is 0 Å². The lowest BCUT2D eigenvalue weighted by Crippen LogP contribution is -2.30. The highest BCUT2D eigenvalue weighted by Crippen LogP contribution is 2.26. The molecule has 84 valence electrons. The normalized spacial score (nSPS) is 17.4. The van der Waals surface area contributed by atoms with Gasteiger partial charge in [0.15, 0.2) is 0 Å². The van der Waals surface area contributed by atoms with Crippen LogP contribution in [0.15, 0.2) is 0 Å². The number of nitrogens with zero attached hydrogens (tertiary/aromatic N) is 1. The quantitative estimate of drug-likeness (QED) is 0.601. The summed E-state index contributed by atoms with van der Waals surface area (Å²) in [4.78, 5) is 2.51. The molecule has 0 atom stereocenters. The van der Waals surface area contributed by atoms with Gasteiger partial charge in [0.2, 0.25) is 0 Å². The van der Waals surface area contributed by atoms with Crippen LogP contribution in [0, 0.1) is 5.92 Å². The lowest BCUT2D eigenvalue weighted by atomic mass is 9.85. The minimum Gasteiger partial charge on any atom is -0.317 e. The molecule has 1 N–H and O–H groups in total. The Kier molecular flexibility index (Phi) is 6.20. The van der Waals surface area contributed by atoms with Gasteiger partial charge in [0.1, 0.15) is 0 Å². The Hall–Kier alpha value is -0.0800. The van der Waals surface area contributed by atoms with Crippen LogP contribution in [0.25, 0.3) is 0 Å². The fraction of sp³-hybridized carbons (Fsp3) is 1.00. The third-order valence-electron chi connectivity index (χ3n) is 3.19. The summed E-state index contributed by atoms with van der Waals surface area (Å²) in [6, 6.07) is 0. The van der Waals surface area contributed by atoms with Crippen molar-refractivity contribution in [1.29, 1.82) is 0 Å². The van der Waals surface area contributed by atoms with Crippen molar-refractivity contribution in [3.8, 4) is 0 Å². The summed E-state index contributed by atoms with van der Waals surface area (Å²) in [5, 5.41) is 3.37. The average Bonchev–Trinajstić information content (AvgIpc) is 2.11. The zero-order valence-electron chi connectivity index (χ0n) is 9.89. The molecule has 0 bridgehead atoms. The number of unbranched alkanes of at least 4 members (excludes halogenated alkanes) is 1. The van der Waals surface area contributed by atoms with Crippen LogP contribution >= 0.6 is 0 Å². The first-order chi connectivity index (χ1) is 6.83. The van der Waals surface area contributed by atoms with Crippen molar-refractivity contribution in [3.63, 3.8) is 0 Å². The molecule has 0 unspecified atom stereocenters. The summed E-state index contributed by atoms with van der Waals surface area (Å²) in [5.41, 5.74) is 0. The van der Waals surface area contributed by atoms with Crippen LogP contribution in [0.3, 0.4) is 0 Å². The van der Waals surface area contributed by atoms with Gasteiger partial charge in [-0.05, 0) is 58.3 Å². The summed E-state index contributed by atoms with van der Waals surface area (Å²) in [7, 11) is 2.27. The van der Waals surface area contributed by atoms with Crippen molar-refractivity contribution in [3.05, 3.63) is 0 Å². The molecule has 1 rings (SSSR count). The number of hydrogen-bond donors (Lipinski definition) is 1. The average molecular weight is 198 g/mol. The van der Waals surface area contributed by atoms with Gasteiger partial charge in [-0.3, -0.25) is 0 Å². The van der Waals surface area contributed by atoms with Crippen LogP contribution in [-0.4, -0.2) is 38.1 Å². The van der Waals surface area contributed by atoms with Gasteiger partial charge in [-0.1, -0.05) is 13.3 Å². The van der Waals surface area contributed by atoms with Crippen molar-refractivity contribution in [2.24, 2.45) is 5.92 Å². The zero-order chi connectivity index (χ0) is 10.2. The molecule has 1 fully saturated rings. The largest absolute Gasteiger partial charge is 0.317 e. The van der Waals surface area contributed by atoms with E-state index in [1.807, 2.05) is 0 Å². The minimum absolute atomic E-state index is 1.02. The molecular formula is C12H26N2. The third kappa shape index (κ3) is 4.97. The predicted octanol–water partition coefficient (Wildman–Crippen LogP) is 2.11. The molecule has 0 saturated heterocycles. The highest BCUT2D eigenvalue weighted by Gasteiger charge is 2.18. The Morgan fingerprint density at radius 1 is 1.29 bits per heavy atom. The van der Waals surface area contributed by atoms with Gasteiger partial charge in [0.05, 0.1) is 0 Å².